The van der Waals surface area contributed by atoms with Gasteiger partial charge < -0.3 is 15.5 Å². The molecule has 0 spiro atoms. The Morgan fingerprint density at radius 2 is 1.86 bits per heavy atom. The lowest BCUT2D eigenvalue weighted by atomic mass is 10.1. The van der Waals surface area contributed by atoms with Crippen LogP contribution in [0.25, 0.3) is 0 Å². The number of carbonyl (C=O) groups is 1. The number of hydrogen-bond acceptors (Lipinski definition) is 3. The summed E-state index contributed by atoms with van der Waals surface area (Å²) < 4.78 is 13.8. The summed E-state index contributed by atoms with van der Waals surface area (Å²) in [5, 5.41) is 0. The average Bonchev–Trinajstić information content (AvgIpc) is 2.94. The van der Waals surface area contributed by atoms with E-state index in [0.29, 0.717) is 38.3 Å². The summed E-state index contributed by atoms with van der Waals surface area (Å²) >= 11 is 0. The maximum Gasteiger partial charge on any atom is 0.229 e. The number of anilines is 1. The highest BCUT2D eigenvalue weighted by molar-refractivity contribution is 5.81. The van der Waals surface area contributed by atoms with E-state index >= 15 is 0 Å². The zero-order valence-corrected chi connectivity index (χ0v) is 11.9. The minimum absolute atomic E-state index is 0.00125. The van der Waals surface area contributed by atoms with Crippen LogP contribution in [0.15, 0.2) is 36.4 Å². The van der Waals surface area contributed by atoms with E-state index in [2.05, 4.69) is 0 Å². The normalized spacial score (nSPS) is 25.4. The highest BCUT2D eigenvalue weighted by Gasteiger charge is 2.29. The van der Waals surface area contributed by atoms with Gasteiger partial charge in [0.05, 0.1) is 11.6 Å². The van der Waals surface area contributed by atoms with Crippen LogP contribution in [0, 0.1) is 11.7 Å². The van der Waals surface area contributed by atoms with Crippen LogP contribution in [-0.2, 0) is 4.79 Å². The molecule has 21 heavy (non-hydrogen) atoms. The maximum absolute atomic E-state index is 13.8. The molecule has 1 saturated heterocycles. The highest BCUT2D eigenvalue weighted by Crippen LogP contribution is 2.23. The van der Waals surface area contributed by atoms with Gasteiger partial charge in [-0.3, -0.25) is 4.79 Å². The molecule has 2 unspecified atom stereocenters. The van der Waals surface area contributed by atoms with E-state index < -0.39 is 0 Å². The minimum Gasteiger partial charge on any atom is -0.366 e. The van der Waals surface area contributed by atoms with Gasteiger partial charge in [-0.05, 0) is 18.6 Å². The maximum atomic E-state index is 13.8. The average molecular weight is 289 g/mol. The first-order valence-corrected chi connectivity index (χ1v) is 7.37. The fraction of sp³-hybridized carbons (Fsp3) is 0.438. The second kappa shape index (κ2) is 5.85. The molecule has 1 aliphatic carbocycles. The Morgan fingerprint density at radius 3 is 2.48 bits per heavy atom. The number of piperazine rings is 1. The Balaban J connectivity index is 1.59. The zero-order valence-electron chi connectivity index (χ0n) is 11.9. The number of halogens is 1. The van der Waals surface area contributed by atoms with Crippen LogP contribution >= 0.6 is 0 Å². The second-order valence-corrected chi connectivity index (χ2v) is 5.65. The summed E-state index contributed by atoms with van der Waals surface area (Å²) in [7, 11) is 0. The van der Waals surface area contributed by atoms with E-state index in [9.17, 15) is 9.18 Å². The van der Waals surface area contributed by atoms with E-state index in [1.807, 2.05) is 28.0 Å². The molecule has 2 atom stereocenters. The Labute approximate surface area is 124 Å². The molecule has 0 aromatic heterocycles. The number of rotatable bonds is 2. The van der Waals surface area contributed by atoms with Crippen LogP contribution in [0.4, 0.5) is 10.1 Å². The van der Waals surface area contributed by atoms with Crippen molar-refractivity contribution in [2.24, 2.45) is 11.7 Å². The van der Waals surface area contributed by atoms with Crippen molar-refractivity contribution >= 4 is 11.6 Å². The molecule has 112 valence electrons. The quantitative estimate of drug-likeness (QED) is 0.837. The standard InChI is InChI=1S/C16H20FN3O/c17-14-3-1-2-4-15(14)19-7-9-20(10-8-19)16(21)12-5-6-13(18)11-12/h1-6,12-13H,7-11,18H2. The van der Waals surface area contributed by atoms with Gasteiger partial charge in [0, 0.05) is 32.2 Å². The summed E-state index contributed by atoms with van der Waals surface area (Å²) in [4.78, 5) is 16.2. The molecule has 2 N–H and O–H groups in total. The third-order valence-corrected chi connectivity index (χ3v) is 4.22. The number of nitrogens with zero attached hydrogens (tertiary/aromatic N) is 2. The summed E-state index contributed by atoms with van der Waals surface area (Å²) in [5.41, 5.74) is 6.42. The molecule has 2 aliphatic rings. The Hall–Kier alpha value is -1.88. The Morgan fingerprint density at radius 1 is 1.14 bits per heavy atom. The second-order valence-electron chi connectivity index (χ2n) is 5.65. The van der Waals surface area contributed by atoms with Gasteiger partial charge in [-0.1, -0.05) is 24.3 Å². The van der Waals surface area contributed by atoms with Crippen LogP contribution in [-0.4, -0.2) is 43.0 Å². The monoisotopic (exact) mass is 289 g/mol. The lowest BCUT2D eigenvalue weighted by Crippen LogP contribution is -2.50. The zero-order chi connectivity index (χ0) is 14.8. The molecular formula is C16H20FN3O. The molecule has 1 aromatic carbocycles. The van der Waals surface area contributed by atoms with Crippen molar-refractivity contribution in [3.63, 3.8) is 0 Å². The third kappa shape index (κ3) is 2.93. The van der Waals surface area contributed by atoms with Crippen molar-refractivity contribution < 1.29 is 9.18 Å². The molecule has 0 bridgehead atoms. The minimum atomic E-state index is -0.207. The van der Waals surface area contributed by atoms with Crippen molar-refractivity contribution in [3.8, 4) is 0 Å². The fourth-order valence-electron chi connectivity index (χ4n) is 3.02. The fourth-order valence-corrected chi connectivity index (χ4v) is 3.02. The van der Waals surface area contributed by atoms with Gasteiger partial charge in [0.2, 0.25) is 5.91 Å². The van der Waals surface area contributed by atoms with Gasteiger partial charge >= 0.3 is 0 Å². The van der Waals surface area contributed by atoms with E-state index in [4.69, 9.17) is 5.73 Å². The number of benzene rings is 1. The first kappa shape index (κ1) is 14.1. The van der Waals surface area contributed by atoms with Crippen molar-refractivity contribution in [2.75, 3.05) is 31.1 Å². The lowest BCUT2D eigenvalue weighted by molar-refractivity contribution is -0.134. The largest absolute Gasteiger partial charge is 0.366 e. The SMILES string of the molecule is NC1C=CC(C(=O)N2CCN(c3ccccc3F)CC2)C1. The van der Waals surface area contributed by atoms with Crippen LogP contribution in [0.5, 0.6) is 0 Å². The van der Waals surface area contributed by atoms with Crippen LogP contribution in [0.2, 0.25) is 0 Å². The molecule has 0 radical (unpaired) electrons. The van der Waals surface area contributed by atoms with Gasteiger partial charge in [0.25, 0.3) is 0 Å². The molecule has 1 aromatic rings. The summed E-state index contributed by atoms with van der Waals surface area (Å²) in [6.45, 7) is 2.59. The molecule has 5 heteroatoms. The third-order valence-electron chi connectivity index (χ3n) is 4.22. The number of hydrogen-bond donors (Lipinski definition) is 1. The molecule has 0 saturated carbocycles. The number of para-hydroxylation sites is 1. The van der Waals surface area contributed by atoms with Gasteiger partial charge in [0.15, 0.2) is 0 Å². The van der Waals surface area contributed by atoms with Crippen LogP contribution in [0.1, 0.15) is 6.42 Å². The van der Waals surface area contributed by atoms with Gasteiger partial charge in [0.1, 0.15) is 5.82 Å². The van der Waals surface area contributed by atoms with Gasteiger partial charge in [-0.25, -0.2) is 4.39 Å². The number of nitrogens with two attached hydrogens (primary N) is 1. The predicted molar refractivity (Wildman–Crippen MR) is 80.4 cm³/mol. The summed E-state index contributed by atoms with van der Waals surface area (Å²) in [6.07, 6.45) is 4.51. The Bertz CT molecular complexity index is 552. The van der Waals surface area contributed by atoms with E-state index in [0.717, 1.165) is 0 Å². The van der Waals surface area contributed by atoms with Crippen LogP contribution < -0.4 is 10.6 Å². The molecule has 3 rings (SSSR count). The van der Waals surface area contributed by atoms with Crippen LogP contribution in [0.3, 0.4) is 0 Å². The molecule has 1 aliphatic heterocycles. The molecule has 1 heterocycles. The number of carbonyl (C=O) groups excluding carboxylic acids is 1. The highest BCUT2D eigenvalue weighted by atomic mass is 19.1. The molecule has 1 amide bonds. The predicted octanol–water partition coefficient (Wildman–Crippen LogP) is 1.38. The summed E-state index contributed by atoms with van der Waals surface area (Å²) in [5.74, 6) is -0.144. The van der Waals surface area contributed by atoms with Gasteiger partial charge in [-0.2, -0.15) is 0 Å². The van der Waals surface area contributed by atoms with E-state index in [-0.39, 0.29) is 23.7 Å². The first-order chi connectivity index (χ1) is 10.1. The molecule has 4 nitrogen and oxygen atoms in total. The molecular weight excluding hydrogens is 269 g/mol. The summed E-state index contributed by atoms with van der Waals surface area (Å²) in [6, 6.07) is 6.77. The van der Waals surface area contributed by atoms with Crippen molar-refractivity contribution in [1.82, 2.24) is 4.90 Å². The lowest BCUT2D eigenvalue weighted by Gasteiger charge is -2.37. The first-order valence-electron chi connectivity index (χ1n) is 7.37. The van der Waals surface area contributed by atoms with E-state index in [1.54, 1.807) is 12.1 Å². The van der Waals surface area contributed by atoms with E-state index in [1.165, 1.54) is 6.07 Å². The molecule has 1 fully saturated rings. The smallest absolute Gasteiger partial charge is 0.229 e. The topological polar surface area (TPSA) is 49.6 Å². The van der Waals surface area contributed by atoms with Crippen molar-refractivity contribution in [3.05, 3.63) is 42.2 Å². The van der Waals surface area contributed by atoms with Gasteiger partial charge in [-0.15, -0.1) is 0 Å². The van der Waals surface area contributed by atoms with Crippen molar-refractivity contribution in [1.29, 1.82) is 0 Å². The number of amides is 1. The van der Waals surface area contributed by atoms with Crippen molar-refractivity contribution in [2.45, 2.75) is 12.5 Å². The Kier molecular flexibility index (Phi) is 3.92.